The van der Waals surface area contributed by atoms with E-state index < -0.39 is 15.9 Å². The lowest BCUT2D eigenvalue weighted by Crippen LogP contribution is -2.36. The molecule has 6 nitrogen and oxygen atoms in total. The Morgan fingerprint density at radius 2 is 2.04 bits per heavy atom. The van der Waals surface area contributed by atoms with Gasteiger partial charge < -0.3 is 5.32 Å². The van der Waals surface area contributed by atoms with E-state index in [0.717, 1.165) is 16.8 Å². The molecule has 2 heterocycles. The van der Waals surface area contributed by atoms with Gasteiger partial charge in [0.05, 0.1) is 17.1 Å². The molecule has 2 aromatic heterocycles. The summed E-state index contributed by atoms with van der Waals surface area (Å²) in [6, 6.07) is 11.5. The molecule has 0 aliphatic heterocycles. The number of nitrogens with one attached hydrogen (secondary N) is 2. The van der Waals surface area contributed by atoms with Gasteiger partial charge in [0.1, 0.15) is 0 Å². The summed E-state index contributed by atoms with van der Waals surface area (Å²) >= 11 is 7.39. The van der Waals surface area contributed by atoms with Gasteiger partial charge in [0.25, 0.3) is 0 Å². The number of pyridine rings is 1. The van der Waals surface area contributed by atoms with Crippen molar-refractivity contribution in [2.45, 2.75) is 11.4 Å². The van der Waals surface area contributed by atoms with Gasteiger partial charge >= 0.3 is 0 Å². The molecule has 1 amide bonds. The highest BCUT2D eigenvalue weighted by Gasteiger charge is 2.15. The Bertz CT molecular complexity index is 1040. The number of amides is 1. The number of benzene rings is 1. The maximum Gasteiger partial charge on any atom is 0.241 e. The van der Waals surface area contributed by atoms with Crippen molar-refractivity contribution in [2.24, 2.45) is 0 Å². The largest absolute Gasteiger partial charge is 0.351 e. The van der Waals surface area contributed by atoms with Crippen LogP contribution >= 0.6 is 22.9 Å². The van der Waals surface area contributed by atoms with Crippen molar-refractivity contribution in [1.82, 2.24) is 15.0 Å². The van der Waals surface area contributed by atoms with Crippen LogP contribution in [0.5, 0.6) is 0 Å². The number of nitrogens with zero attached hydrogens (tertiary/aromatic N) is 1. The molecule has 0 aliphatic rings. The molecule has 0 saturated heterocycles. The SMILES string of the molecule is O=C(CNS(=O)(=O)c1cccc(Cl)c1)NCc1ccnc(-c2ccsc2)c1. The molecule has 0 atom stereocenters. The quantitative estimate of drug-likeness (QED) is 0.613. The van der Waals surface area contributed by atoms with Crippen LogP contribution in [0.2, 0.25) is 5.02 Å². The van der Waals surface area contributed by atoms with Crippen molar-refractivity contribution in [3.8, 4) is 11.3 Å². The third-order valence-electron chi connectivity index (χ3n) is 3.66. The fourth-order valence-electron chi connectivity index (χ4n) is 2.29. The summed E-state index contributed by atoms with van der Waals surface area (Å²) in [6.45, 7) is -0.0886. The molecule has 1 aromatic carbocycles. The second kappa shape index (κ2) is 8.62. The average molecular weight is 422 g/mol. The highest BCUT2D eigenvalue weighted by molar-refractivity contribution is 7.89. The van der Waals surface area contributed by atoms with Gasteiger partial charge in [-0.1, -0.05) is 17.7 Å². The number of rotatable bonds is 7. The number of carbonyl (C=O) groups is 1. The molecule has 3 aromatic rings. The lowest BCUT2D eigenvalue weighted by atomic mass is 10.1. The molecule has 27 heavy (non-hydrogen) atoms. The molecule has 0 spiro atoms. The van der Waals surface area contributed by atoms with Crippen molar-refractivity contribution in [3.05, 3.63) is 70.0 Å². The zero-order valence-corrected chi connectivity index (χ0v) is 16.4. The van der Waals surface area contributed by atoms with Gasteiger partial charge in [-0.3, -0.25) is 9.78 Å². The summed E-state index contributed by atoms with van der Waals surface area (Å²) in [6.07, 6.45) is 1.68. The normalized spacial score (nSPS) is 11.3. The lowest BCUT2D eigenvalue weighted by Gasteiger charge is -2.09. The Labute approximate surface area is 166 Å². The second-order valence-electron chi connectivity index (χ2n) is 5.62. The van der Waals surface area contributed by atoms with Crippen LogP contribution in [0.15, 0.2) is 64.3 Å². The minimum Gasteiger partial charge on any atom is -0.351 e. The van der Waals surface area contributed by atoms with Gasteiger partial charge in [-0.05, 0) is 47.3 Å². The number of hydrogen-bond acceptors (Lipinski definition) is 5. The maximum atomic E-state index is 12.2. The van der Waals surface area contributed by atoms with Gasteiger partial charge in [0, 0.05) is 28.7 Å². The van der Waals surface area contributed by atoms with Gasteiger partial charge in [-0.25, -0.2) is 13.1 Å². The van der Waals surface area contributed by atoms with E-state index in [-0.39, 0.29) is 18.0 Å². The number of carbonyl (C=O) groups excluding carboxylic acids is 1. The standard InChI is InChI=1S/C18H16ClN3O3S2/c19-15-2-1-3-16(9-15)27(24,25)22-11-18(23)21-10-13-4-6-20-17(8-13)14-5-7-26-12-14/h1-9,12,22H,10-11H2,(H,21,23). The van der Waals surface area contributed by atoms with Crippen molar-refractivity contribution in [1.29, 1.82) is 0 Å². The number of aromatic nitrogens is 1. The van der Waals surface area contributed by atoms with Crippen LogP contribution in [0.4, 0.5) is 0 Å². The third-order valence-corrected chi connectivity index (χ3v) is 5.98. The second-order valence-corrected chi connectivity index (χ2v) is 8.60. The highest BCUT2D eigenvalue weighted by Crippen LogP contribution is 2.20. The highest BCUT2D eigenvalue weighted by atomic mass is 35.5. The van der Waals surface area contributed by atoms with E-state index in [4.69, 9.17) is 11.6 Å². The summed E-state index contributed by atoms with van der Waals surface area (Å²) in [4.78, 5) is 16.3. The lowest BCUT2D eigenvalue weighted by molar-refractivity contribution is -0.120. The maximum absolute atomic E-state index is 12.2. The molecule has 0 bridgehead atoms. The minimum absolute atomic E-state index is 0.0114. The Kier molecular flexibility index (Phi) is 6.22. The Morgan fingerprint density at radius 1 is 1.19 bits per heavy atom. The van der Waals surface area contributed by atoms with Crippen LogP contribution in [0, 0.1) is 0 Å². The number of hydrogen-bond donors (Lipinski definition) is 2. The third kappa shape index (κ3) is 5.36. The molecule has 0 radical (unpaired) electrons. The van der Waals surface area contributed by atoms with Crippen LogP contribution < -0.4 is 10.0 Å². The zero-order chi connectivity index (χ0) is 19.3. The minimum atomic E-state index is -3.80. The van der Waals surface area contributed by atoms with Gasteiger partial charge in [-0.2, -0.15) is 11.3 Å². The molecule has 9 heteroatoms. The first-order valence-electron chi connectivity index (χ1n) is 7.93. The first kappa shape index (κ1) is 19.5. The molecule has 0 saturated carbocycles. The topological polar surface area (TPSA) is 88.2 Å². The van der Waals surface area contributed by atoms with E-state index in [9.17, 15) is 13.2 Å². The summed E-state index contributed by atoms with van der Waals surface area (Å²) < 4.78 is 26.6. The monoisotopic (exact) mass is 421 g/mol. The van der Waals surface area contributed by atoms with Crippen molar-refractivity contribution in [2.75, 3.05) is 6.54 Å². The Hall–Kier alpha value is -2.26. The first-order valence-corrected chi connectivity index (χ1v) is 10.7. The molecule has 0 unspecified atom stereocenters. The Morgan fingerprint density at radius 3 is 2.78 bits per heavy atom. The van der Waals surface area contributed by atoms with Crippen LogP contribution in [0.25, 0.3) is 11.3 Å². The van der Waals surface area contributed by atoms with Gasteiger partial charge in [0.15, 0.2) is 0 Å². The van der Waals surface area contributed by atoms with Crippen LogP contribution in [0.1, 0.15) is 5.56 Å². The van der Waals surface area contributed by atoms with Crippen LogP contribution in [-0.2, 0) is 21.4 Å². The molecular formula is C18H16ClN3O3S2. The van der Waals surface area contributed by atoms with Gasteiger partial charge in [-0.15, -0.1) is 0 Å². The van der Waals surface area contributed by atoms with E-state index in [0.29, 0.717) is 5.02 Å². The fourth-order valence-corrected chi connectivity index (χ4v) is 4.23. The van der Waals surface area contributed by atoms with E-state index >= 15 is 0 Å². The van der Waals surface area contributed by atoms with E-state index in [1.807, 2.05) is 22.9 Å². The zero-order valence-electron chi connectivity index (χ0n) is 14.1. The van der Waals surface area contributed by atoms with Crippen LogP contribution in [-0.4, -0.2) is 25.9 Å². The van der Waals surface area contributed by atoms with E-state index in [1.54, 1.807) is 29.7 Å². The summed E-state index contributed by atoms with van der Waals surface area (Å²) in [5.41, 5.74) is 2.71. The molecule has 0 aliphatic carbocycles. The molecule has 140 valence electrons. The molecule has 0 fully saturated rings. The predicted octanol–water partition coefficient (Wildman–Crippen LogP) is 3.06. The van der Waals surface area contributed by atoms with E-state index in [1.165, 1.54) is 18.2 Å². The Balaban J connectivity index is 1.55. The van der Waals surface area contributed by atoms with Crippen molar-refractivity contribution < 1.29 is 13.2 Å². The molecular weight excluding hydrogens is 406 g/mol. The number of sulfonamides is 1. The number of halogens is 1. The van der Waals surface area contributed by atoms with Gasteiger partial charge in [0.2, 0.25) is 15.9 Å². The predicted molar refractivity (Wildman–Crippen MR) is 106 cm³/mol. The average Bonchev–Trinajstić information content (AvgIpc) is 3.20. The summed E-state index contributed by atoms with van der Waals surface area (Å²) in [5, 5.41) is 6.96. The summed E-state index contributed by atoms with van der Waals surface area (Å²) in [7, 11) is -3.80. The van der Waals surface area contributed by atoms with E-state index in [2.05, 4.69) is 15.0 Å². The van der Waals surface area contributed by atoms with Crippen molar-refractivity contribution in [3.63, 3.8) is 0 Å². The fraction of sp³-hybridized carbons (Fsp3) is 0.111. The summed E-state index contributed by atoms with van der Waals surface area (Å²) in [5.74, 6) is -0.436. The number of thiophene rings is 1. The van der Waals surface area contributed by atoms with Crippen LogP contribution in [0.3, 0.4) is 0 Å². The molecule has 3 rings (SSSR count). The smallest absolute Gasteiger partial charge is 0.241 e. The molecule has 2 N–H and O–H groups in total. The first-order chi connectivity index (χ1) is 12.9. The van der Waals surface area contributed by atoms with Crippen molar-refractivity contribution >= 4 is 38.9 Å².